The van der Waals surface area contributed by atoms with Gasteiger partial charge in [0.1, 0.15) is 0 Å². The molecule has 0 heterocycles. The summed E-state index contributed by atoms with van der Waals surface area (Å²) in [7, 11) is -3.49. The first-order valence-electron chi connectivity index (χ1n) is 3.71. The summed E-state index contributed by atoms with van der Waals surface area (Å²) in [6.07, 6.45) is 0.486. The molecular formula is C6H15NaO5S. The Kier molecular flexibility index (Phi) is 11.7. The van der Waals surface area contributed by atoms with Crippen LogP contribution in [0.1, 0.15) is 14.3 Å². The Hall–Kier alpha value is 0.830. The van der Waals surface area contributed by atoms with Crippen LogP contribution in [0.25, 0.3) is 0 Å². The summed E-state index contributed by atoms with van der Waals surface area (Å²) in [4.78, 5) is 0. The van der Waals surface area contributed by atoms with Crippen LogP contribution in [0.2, 0.25) is 0 Å². The van der Waals surface area contributed by atoms with Crippen molar-refractivity contribution in [3.63, 3.8) is 0 Å². The van der Waals surface area contributed by atoms with E-state index in [0.29, 0.717) is 6.42 Å². The first kappa shape index (κ1) is 16.3. The Morgan fingerprint density at radius 3 is 2.15 bits per heavy atom. The molecule has 0 aliphatic carbocycles. The van der Waals surface area contributed by atoms with Crippen molar-refractivity contribution in [2.75, 3.05) is 25.6 Å². The molecule has 0 aromatic rings. The van der Waals surface area contributed by atoms with Crippen LogP contribution in [0.3, 0.4) is 0 Å². The molecule has 76 valence electrons. The summed E-state index contributed by atoms with van der Waals surface area (Å²) in [6, 6.07) is 0. The van der Waals surface area contributed by atoms with Crippen molar-refractivity contribution < 1.29 is 53.8 Å². The van der Waals surface area contributed by atoms with Crippen LogP contribution in [0, 0.1) is 0 Å². The predicted octanol–water partition coefficient (Wildman–Crippen LogP) is -3.79. The van der Waals surface area contributed by atoms with Gasteiger partial charge in [0, 0.05) is 13.2 Å². The molecule has 0 unspecified atom stereocenters. The molecule has 0 radical (unpaired) electrons. The van der Waals surface area contributed by atoms with E-state index < -0.39 is 10.1 Å². The van der Waals surface area contributed by atoms with E-state index in [1.54, 1.807) is 0 Å². The van der Waals surface area contributed by atoms with Crippen LogP contribution >= 0.6 is 0 Å². The summed E-state index contributed by atoms with van der Waals surface area (Å²) in [5.74, 6) is -0.172. The first-order chi connectivity index (χ1) is 5.62. The minimum absolute atomic E-state index is 0. The third kappa shape index (κ3) is 10.8. The molecule has 0 aromatic heterocycles. The molecule has 5 nitrogen and oxygen atoms in total. The van der Waals surface area contributed by atoms with Crippen LogP contribution in [0.5, 0.6) is 0 Å². The van der Waals surface area contributed by atoms with Crippen molar-refractivity contribution in [1.29, 1.82) is 0 Å². The molecule has 0 atom stereocenters. The Labute approximate surface area is 102 Å². The van der Waals surface area contributed by atoms with Gasteiger partial charge in [-0.05, 0) is 12.8 Å². The fourth-order valence-corrected chi connectivity index (χ4v) is 1.52. The number of hydrogen-bond acceptors (Lipinski definition) is 5. The molecule has 2 N–H and O–H groups in total. The van der Waals surface area contributed by atoms with E-state index in [-0.39, 0.29) is 63.0 Å². The van der Waals surface area contributed by atoms with Crippen molar-refractivity contribution in [2.45, 2.75) is 12.8 Å². The van der Waals surface area contributed by atoms with Gasteiger partial charge in [-0.2, -0.15) is 8.42 Å². The zero-order valence-electron chi connectivity index (χ0n) is 8.77. The van der Waals surface area contributed by atoms with Crippen LogP contribution < -0.4 is 29.6 Å². The van der Waals surface area contributed by atoms with E-state index in [1.807, 2.05) is 0 Å². The van der Waals surface area contributed by atoms with E-state index in [0.717, 1.165) is 0 Å². The molecule has 13 heavy (non-hydrogen) atoms. The average Bonchev–Trinajstić information content (AvgIpc) is 2.01. The smallest absolute Gasteiger partial charge is 1.00 e. The summed E-state index contributed by atoms with van der Waals surface area (Å²) in [5, 5.41) is 16.7. The second-order valence-electron chi connectivity index (χ2n) is 2.24. The Balaban J connectivity index is -0.000000605. The topological polar surface area (TPSA) is 83.8 Å². The van der Waals surface area contributed by atoms with Gasteiger partial charge < -0.3 is 11.6 Å². The van der Waals surface area contributed by atoms with Gasteiger partial charge in [0.05, 0.1) is 12.4 Å². The van der Waals surface area contributed by atoms with Crippen LogP contribution in [0.4, 0.5) is 0 Å². The largest absolute Gasteiger partial charge is 1.00 e. The fraction of sp³-hybridized carbons (Fsp3) is 1.00. The van der Waals surface area contributed by atoms with Gasteiger partial charge in [0.15, 0.2) is 0 Å². The maximum absolute atomic E-state index is 10.8. The van der Waals surface area contributed by atoms with Crippen LogP contribution in [0.15, 0.2) is 0 Å². The number of aliphatic hydroxyl groups excluding tert-OH is 2. The Morgan fingerprint density at radius 1 is 1.15 bits per heavy atom. The maximum atomic E-state index is 10.8. The summed E-state index contributed by atoms with van der Waals surface area (Å²) in [5.41, 5.74) is 0. The molecule has 0 spiro atoms. The van der Waals surface area contributed by atoms with E-state index in [9.17, 15) is 8.42 Å². The molecule has 0 fully saturated rings. The van der Waals surface area contributed by atoms with Gasteiger partial charge in [-0.25, -0.2) is 0 Å². The summed E-state index contributed by atoms with van der Waals surface area (Å²) >= 11 is 0. The van der Waals surface area contributed by atoms with Gasteiger partial charge in [-0.1, -0.05) is 0 Å². The van der Waals surface area contributed by atoms with Crippen molar-refractivity contribution >= 4 is 10.1 Å². The molecule has 0 aromatic carbocycles. The predicted molar refractivity (Wildman–Crippen MR) is 44.3 cm³/mol. The third-order valence-corrected chi connectivity index (χ3v) is 2.43. The monoisotopic (exact) mass is 222 g/mol. The van der Waals surface area contributed by atoms with Gasteiger partial charge in [-0.15, -0.1) is 0 Å². The number of rotatable bonds is 7. The number of hydrogen-bond donors (Lipinski definition) is 2. The standard InChI is InChI=1S/C6H14O5S.Na.H/c7-3-1-5-11-12(9,10)6-2-4-8;;/h7-8H,1-6H2;;/q;+1;-1. The van der Waals surface area contributed by atoms with Crippen molar-refractivity contribution in [1.82, 2.24) is 0 Å². The van der Waals surface area contributed by atoms with E-state index in [4.69, 9.17) is 10.2 Å². The second-order valence-corrected chi connectivity index (χ2v) is 4.00. The molecule has 0 rings (SSSR count). The van der Waals surface area contributed by atoms with Gasteiger partial charge in [0.2, 0.25) is 0 Å². The molecule has 0 aliphatic rings. The van der Waals surface area contributed by atoms with Gasteiger partial charge in [-0.3, -0.25) is 4.18 Å². The Bertz CT molecular complexity index is 196. The molecule has 0 aliphatic heterocycles. The van der Waals surface area contributed by atoms with E-state index >= 15 is 0 Å². The van der Waals surface area contributed by atoms with Crippen molar-refractivity contribution in [3.05, 3.63) is 0 Å². The summed E-state index contributed by atoms with van der Waals surface area (Å²) < 4.78 is 26.2. The zero-order valence-corrected chi connectivity index (χ0v) is 10.6. The minimum Gasteiger partial charge on any atom is -1.00 e. The quantitative estimate of drug-likeness (QED) is 0.262. The normalized spacial score (nSPS) is 10.9. The number of aliphatic hydroxyl groups is 2. The Morgan fingerprint density at radius 2 is 1.69 bits per heavy atom. The van der Waals surface area contributed by atoms with Gasteiger partial charge in [0.25, 0.3) is 10.1 Å². The average molecular weight is 222 g/mol. The van der Waals surface area contributed by atoms with E-state index in [2.05, 4.69) is 4.18 Å². The second kappa shape index (κ2) is 9.39. The molecule has 0 saturated carbocycles. The van der Waals surface area contributed by atoms with Crippen LogP contribution in [-0.2, 0) is 14.3 Å². The van der Waals surface area contributed by atoms with Crippen LogP contribution in [-0.4, -0.2) is 44.2 Å². The molecule has 7 heteroatoms. The van der Waals surface area contributed by atoms with Crippen molar-refractivity contribution in [3.8, 4) is 0 Å². The molecule has 0 amide bonds. The molecular weight excluding hydrogens is 207 g/mol. The first-order valence-corrected chi connectivity index (χ1v) is 5.29. The van der Waals surface area contributed by atoms with Crippen molar-refractivity contribution in [2.24, 2.45) is 0 Å². The zero-order chi connectivity index (χ0) is 9.45. The van der Waals surface area contributed by atoms with E-state index in [1.165, 1.54) is 0 Å². The molecule has 0 bridgehead atoms. The fourth-order valence-electron chi connectivity index (χ4n) is 0.551. The maximum Gasteiger partial charge on any atom is 1.00 e. The molecule has 0 saturated heterocycles. The minimum atomic E-state index is -3.49. The summed E-state index contributed by atoms with van der Waals surface area (Å²) in [6.45, 7) is -0.248. The third-order valence-electron chi connectivity index (χ3n) is 1.12. The SMILES string of the molecule is O=S(=O)(CCCO)OCCCO.[H-].[Na+]. The van der Waals surface area contributed by atoms with Gasteiger partial charge >= 0.3 is 29.6 Å².